The van der Waals surface area contributed by atoms with E-state index < -0.39 is 6.04 Å². The standard InChI is InChI=1S/C19H37NO4/c1-3-5-7-8-9-10-11-12-13-14-19(21)24-17-18(20-22)16-23-15-6-4-2/h18H,3-17H2,1-2H3. The Bertz CT molecular complexity index is 297. The second-order valence-electron chi connectivity index (χ2n) is 6.45. The molecule has 0 heterocycles. The van der Waals surface area contributed by atoms with Crippen LogP contribution in [-0.4, -0.2) is 31.8 Å². The zero-order valence-electron chi connectivity index (χ0n) is 15.8. The SMILES string of the molecule is CCCCCCCCCCCC(=O)OCC(COCCCC)N=O. The summed E-state index contributed by atoms with van der Waals surface area (Å²) in [5, 5.41) is 2.96. The Morgan fingerprint density at radius 1 is 0.833 bits per heavy atom. The highest BCUT2D eigenvalue weighted by Gasteiger charge is 2.12. The second-order valence-corrected chi connectivity index (χ2v) is 6.45. The minimum atomic E-state index is -0.589. The number of rotatable bonds is 18. The van der Waals surface area contributed by atoms with Crippen molar-refractivity contribution in [3.8, 4) is 0 Å². The van der Waals surface area contributed by atoms with Crippen LogP contribution >= 0.6 is 0 Å². The largest absolute Gasteiger partial charge is 0.463 e. The lowest BCUT2D eigenvalue weighted by Crippen LogP contribution is -2.22. The van der Waals surface area contributed by atoms with Gasteiger partial charge >= 0.3 is 5.97 Å². The lowest BCUT2D eigenvalue weighted by atomic mass is 10.1. The van der Waals surface area contributed by atoms with Gasteiger partial charge in [0.25, 0.3) is 0 Å². The predicted octanol–water partition coefficient (Wildman–Crippen LogP) is 5.40. The van der Waals surface area contributed by atoms with Crippen molar-refractivity contribution in [3.63, 3.8) is 0 Å². The van der Waals surface area contributed by atoms with E-state index >= 15 is 0 Å². The fourth-order valence-electron chi connectivity index (χ4n) is 2.42. The number of nitroso groups, excluding NO2 is 1. The highest BCUT2D eigenvalue weighted by Crippen LogP contribution is 2.11. The first-order valence-electron chi connectivity index (χ1n) is 9.80. The molecule has 0 aromatic rings. The number of ether oxygens (including phenoxy) is 2. The third-order valence-electron chi connectivity index (χ3n) is 4.02. The molecule has 0 aliphatic heterocycles. The molecule has 0 spiro atoms. The molecule has 24 heavy (non-hydrogen) atoms. The molecule has 5 nitrogen and oxygen atoms in total. The zero-order valence-corrected chi connectivity index (χ0v) is 15.8. The summed E-state index contributed by atoms with van der Waals surface area (Å²) >= 11 is 0. The van der Waals surface area contributed by atoms with Gasteiger partial charge in [-0.25, -0.2) is 0 Å². The van der Waals surface area contributed by atoms with Gasteiger partial charge in [-0.3, -0.25) is 4.79 Å². The van der Waals surface area contributed by atoms with E-state index in [0.717, 1.165) is 25.7 Å². The van der Waals surface area contributed by atoms with Gasteiger partial charge in [-0.15, -0.1) is 0 Å². The molecular weight excluding hydrogens is 306 g/mol. The number of carbonyl (C=O) groups is 1. The second kappa shape index (κ2) is 18.4. The molecule has 0 fully saturated rings. The summed E-state index contributed by atoms with van der Waals surface area (Å²) in [7, 11) is 0. The first-order chi connectivity index (χ1) is 11.7. The monoisotopic (exact) mass is 343 g/mol. The molecule has 0 saturated heterocycles. The first kappa shape index (κ1) is 23.0. The van der Waals surface area contributed by atoms with Crippen molar-refractivity contribution in [2.24, 2.45) is 5.18 Å². The first-order valence-corrected chi connectivity index (χ1v) is 9.80. The molecule has 0 aromatic heterocycles. The van der Waals surface area contributed by atoms with Crippen molar-refractivity contribution in [3.05, 3.63) is 4.91 Å². The molecule has 0 N–H and O–H groups in total. The molecular formula is C19H37NO4. The molecule has 0 amide bonds. The normalized spacial score (nSPS) is 12.1. The van der Waals surface area contributed by atoms with E-state index in [4.69, 9.17) is 9.47 Å². The Morgan fingerprint density at radius 2 is 1.42 bits per heavy atom. The molecule has 1 atom stereocenters. The van der Waals surface area contributed by atoms with Gasteiger partial charge in [0.2, 0.25) is 0 Å². The van der Waals surface area contributed by atoms with Crippen LogP contribution in [0.2, 0.25) is 0 Å². The van der Waals surface area contributed by atoms with E-state index in [1.54, 1.807) is 0 Å². The molecule has 0 aliphatic rings. The summed E-state index contributed by atoms with van der Waals surface area (Å²) in [6.45, 7) is 5.19. The van der Waals surface area contributed by atoms with Crippen molar-refractivity contribution in [1.82, 2.24) is 0 Å². The Hall–Kier alpha value is -0.970. The number of hydrogen-bond donors (Lipinski definition) is 0. The molecule has 0 saturated carbocycles. The average molecular weight is 344 g/mol. The van der Waals surface area contributed by atoms with E-state index in [-0.39, 0.29) is 19.2 Å². The molecule has 0 aliphatic carbocycles. The van der Waals surface area contributed by atoms with Crippen LogP contribution in [0.5, 0.6) is 0 Å². The number of esters is 1. The van der Waals surface area contributed by atoms with E-state index in [2.05, 4.69) is 19.0 Å². The van der Waals surface area contributed by atoms with Crippen LogP contribution in [0.25, 0.3) is 0 Å². The summed E-state index contributed by atoms with van der Waals surface area (Å²) in [6.07, 6.45) is 13.4. The van der Waals surface area contributed by atoms with Gasteiger partial charge in [0.1, 0.15) is 12.6 Å². The van der Waals surface area contributed by atoms with Crippen LogP contribution < -0.4 is 0 Å². The zero-order chi connectivity index (χ0) is 17.9. The van der Waals surface area contributed by atoms with Gasteiger partial charge in [0, 0.05) is 13.0 Å². The molecule has 1 unspecified atom stereocenters. The molecule has 0 radical (unpaired) electrons. The smallest absolute Gasteiger partial charge is 0.305 e. The van der Waals surface area contributed by atoms with Crippen LogP contribution in [-0.2, 0) is 14.3 Å². The summed E-state index contributed by atoms with van der Waals surface area (Å²) < 4.78 is 10.4. The van der Waals surface area contributed by atoms with Crippen LogP contribution in [0.4, 0.5) is 0 Å². The quantitative estimate of drug-likeness (QED) is 0.190. The van der Waals surface area contributed by atoms with E-state index in [0.29, 0.717) is 13.0 Å². The van der Waals surface area contributed by atoms with Gasteiger partial charge in [0.15, 0.2) is 0 Å². The third-order valence-corrected chi connectivity index (χ3v) is 4.02. The van der Waals surface area contributed by atoms with Crippen LogP contribution in [0.1, 0.15) is 90.9 Å². The maximum Gasteiger partial charge on any atom is 0.305 e. The lowest BCUT2D eigenvalue weighted by Gasteiger charge is -2.10. The minimum absolute atomic E-state index is 0.0336. The Morgan fingerprint density at radius 3 is 2.00 bits per heavy atom. The molecule has 142 valence electrons. The number of carbonyl (C=O) groups excluding carboxylic acids is 1. The maximum absolute atomic E-state index is 11.6. The summed E-state index contributed by atoms with van der Waals surface area (Å²) in [5.41, 5.74) is 0. The Balaban J connectivity index is 3.45. The highest BCUT2D eigenvalue weighted by atomic mass is 16.5. The van der Waals surface area contributed by atoms with Crippen molar-refractivity contribution in [2.75, 3.05) is 19.8 Å². The predicted molar refractivity (Wildman–Crippen MR) is 98.1 cm³/mol. The number of nitrogens with zero attached hydrogens (tertiary/aromatic N) is 1. The summed E-state index contributed by atoms with van der Waals surface area (Å²) in [5.74, 6) is -0.236. The van der Waals surface area contributed by atoms with Crippen molar-refractivity contribution < 1.29 is 14.3 Å². The van der Waals surface area contributed by atoms with Crippen molar-refractivity contribution >= 4 is 5.97 Å². The van der Waals surface area contributed by atoms with E-state index in [1.165, 1.54) is 44.9 Å². The summed E-state index contributed by atoms with van der Waals surface area (Å²) in [4.78, 5) is 22.3. The fraction of sp³-hybridized carbons (Fsp3) is 0.947. The van der Waals surface area contributed by atoms with Crippen LogP contribution in [0, 0.1) is 4.91 Å². The van der Waals surface area contributed by atoms with Gasteiger partial charge in [0.05, 0.1) is 6.61 Å². The van der Waals surface area contributed by atoms with Crippen molar-refractivity contribution in [2.45, 2.75) is 96.9 Å². The van der Waals surface area contributed by atoms with Gasteiger partial charge in [-0.1, -0.05) is 76.8 Å². The highest BCUT2D eigenvalue weighted by molar-refractivity contribution is 5.69. The minimum Gasteiger partial charge on any atom is -0.463 e. The van der Waals surface area contributed by atoms with Crippen molar-refractivity contribution in [1.29, 1.82) is 0 Å². The third kappa shape index (κ3) is 15.9. The Labute approximate surface area is 147 Å². The molecule has 5 heteroatoms. The fourth-order valence-corrected chi connectivity index (χ4v) is 2.42. The van der Waals surface area contributed by atoms with E-state index in [1.807, 2.05) is 0 Å². The van der Waals surface area contributed by atoms with Gasteiger partial charge < -0.3 is 9.47 Å². The number of hydrogen-bond acceptors (Lipinski definition) is 5. The molecule has 0 aromatic carbocycles. The van der Waals surface area contributed by atoms with E-state index in [9.17, 15) is 9.70 Å². The van der Waals surface area contributed by atoms with Gasteiger partial charge in [-0.2, -0.15) is 4.91 Å². The number of unbranched alkanes of at least 4 members (excludes halogenated alkanes) is 9. The topological polar surface area (TPSA) is 65.0 Å². The average Bonchev–Trinajstić information content (AvgIpc) is 2.59. The Kier molecular flexibility index (Phi) is 17.6. The van der Waals surface area contributed by atoms with Crippen LogP contribution in [0.3, 0.4) is 0 Å². The maximum atomic E-state index is 11.6. The molecule has 0 bridgehead atoms. The van der Waals surface area contributed by atoms with Crippen LogP contribution in [0.15, 0.2) is 5.18 Å². The van der Waals surface area contributed by atoms with Gasteiger partial charge in [-0.05, 0) is 12.8 Å². The lowest BCUT2D eigenvalue weighted by molar-refractivity contribution is -0.144. The summed E-state index contributed by atoms with van der Waals surface area (Å²) in [6, 6.07) is -0.589. The molecule has 0 rings (SSSR count).